The van der Waals surface area contributed by atoms with Gasteiger partial charge in [0, 0.05) is 13.0 Å². The second kappa shape index (κ2) is 14.4. The van der Waals surface area contributed by atoms with Gasteiger partial charge in [0.2, 0.25) is 5.91 Å². The third kappa shape index (κ3) is 9.22. The number of phenols is 1. The van der Waals surface area contributed by atoms with E-state index in [1.54, 1.807) is 45.0 Å². The van der Waals surface area contributed by atoms with Crippen LogP contribution in [0.2, 0.25) is 5.02 Å². The zero-order chi connectivity index (χ0) is 31.9. The summed E-state index contributed by atoms with van der Waals surface area (Å²) in [5.74, 6) is -0.794. The number of aromatic hydroxyl groups is 1. The minimum absolute atomic E-state index is 0.0840. The molecule has 0 saturated heterocycles. The minimum atomic E-state index is -1.06. The lowest BCUT2D eigenvalue weighted by atomic mass is 9.97. The number of amides is 3. The lowest BCUT2D eigenvalue weighted by Crippen LogP contribution is -2.53. The number of benzene rings is 3. The van der Waals surface area contributed by atoms with Crippen LogP contribution in [-0.4, -0.2) is 46.1 Å². The van der Waals surface area contributed by atoms with E-state index in [-0.39, 0.29) is 18.7 Å². The number of alkyl carbamates (subject to hydrolysis) is 1. The van der Waals surface area contributed by atoms with Crippen molar-refractivity contribution in [3.8, 4) is 5.75 Å². The molecular weight excluding hydrogens is 566 g/mol. The van der Waals surface area contributed by atoms with Crippen molar-refractivity contribution in [1.82, 2.24) is 10.2 Å². The van der Waals surface area contributed by atoms with Crippen LogP contribution in [0.4, 0.5) is 10.5 Å². The Kier molecular flexibility index (Phi) is 11.2. The van der Waals surface area contributed by atoms with Crippen molar-refractivity contribution in [2.24, 2.45) is 0 Å². The van der Waals surface area contributed by atoms with Gasteiger partial charge in [-0.05, 0) is 94.0 Å². The quantitative estimate of drug-likeness (QED) is 0.229. The molecule has 0 bridgehead atoms. The number of carbonyl (C=O) groups is 3. The number of para-hydroxylation sites is 1. The van der Waals surface area contributed by atoms with Crippen LogP contribution in [-0.2, 0) is 20.7 Å². The van der Waals surface area contributed by atoms with Crippen molar-refractivity contribution in [3.05, 3.63) is 93.5 Å². The number of aryl methyl sites for hydroxylation is 3. The Hall–Kier alpha value is -4.04. The van der Waals surface area contributed by atoms with Gasteiger partial charge in [0.25, 0.3) is 5.91 Å². The highest BCUT2D eigenvalue weighted by molar-refractivity contribution is 6.34. The molecule has 3 rings (SSSR count). The van der Waals surface area contributed by atoms with E-state index in [0.29, 0.717) is 28.3 Å². The Bertz CT molecular complexity index is 1430. The molecule has 43 heavy (non-hydrogen) atoms. The van der Waals surface area contributed by atoms with Gasteiger partial charge in [0.05, 0.1) is 10.7 Å². The van der Waals surface area contributed by atoms with E-state index in [2.05, 4.69) is 10.6 Å². The maximum atomic E-state index is 14.5. The van der Waals surface area contributed by atoms with Crippen LogP contribution in [0.25, 0.3) is 0 Å². The summed E-state index contributed by atoms with van der Waals surface area (Å²) >= 11 is 6.46. The monoisotopic (exact) mass is 607 g/mol. The summed E-state index contributed by atoms with van der Waals surface area (Å²) < 4.78 is 5.49. The highest BCUT2D eigenvalue weighted by atomic mass is 35.5. The molecule has 0 spiro atoms. The molecule has 0 aliphatic carbocycles. The molecule has 9 heteroatoms. The van der Waals surface area contributed by atoms with E-state index >= 15 is 0 Å². The van der Waals surface area contributed by atoms with Crippen LogP contribution >= 0.6 is 11.6 Å². The molecule has 0 aliphatic rings. The standard InChI is InChI=1S/C34H42ClN3O5/c1-8-18-38(32(41)28(36-33(42)43-34(5,6)7)20-24-13-16-26(39)17-14-24)30(25-15-12-21(2)23(4)19-25)31(40)37-29-22(3)10-9-11-27(29)35/h9-17,19,28,30,39H,8,18,20H2,1-7H3,(H,36,42)(H,37,40). The Morgan fingerprint density at radius 1 is 0.953 bits per heavy atom. The van der Waals surface area contributed by atoms with Gasteiger partial charge in [-0.25, -0.2) is 4.79 Å². The second-order valence-corrected chi connectivity index (χ2v) is 12.2. The molecule has 3 aromatic carbocycles. The van der Waals surface area contributed by atoms with Crippen LogP contribution in [0.5, 0.6) is 5.75 Å². The smallest absolute Gasteiger partial charge is 0.408 e. The third-order valence-corrected chi connectivity index (χ3v) is 7.30. The van der Waals surface area contributed by atoms with Gasteiger partial charge in [-0.1, -0.05) is 61.0 Å². The van der Waals surface area contributed by atoms with Gasteiger partial charge in [-0.2, -0.15) is 0 Å². The van der Waals surface area contributed by atoms with Crippen molar-refractivity contribution in [2.45, 2.75) is 79.0 Å². The Balaban J connectivity index is 2.09. The van der Waals surface area contributed by atoms with Crippen LogP contribution in [0.15, 0.2) is 60.7 Å². The van der Waals surface area contributed by atoms with Crippen molar-refractivity contribution in [2.75, 3.05) is 11.9 Å². The maximum absolute atomic E-state index is 14.5. The van der Waals surface area contributed by atoms with E-state index in [0.717, 1.165) is 16.7 Å². The number of halogens is 1. The third-order valence-electron chi connectivity index (χ3n) is 6.99. The molecule has 3 aromatic rings. The second-order valence-electron chi connectivity index (χ2n) is 11.8. The van der Waals surface area contributed by atoms with Gasteiger partial charge < -0.3 is 25.4 Å². The van der Waals surface area contributed by atoms with Gasteiger partial charge in [-0.15, -0.1) is 0 Å². The van der Waals surface area contributed by atoms with Crippen LogP contribution in [0, 0.1) is 20.8 Å². The minimum Gasteiger partial charge on any atom is -0.508 e. The van der Waals surface area contributed by atoms with Crippen molar-refractivity contribution >= 4 is 35.2 Å². The van der Waals surface area contributed by atoms with E-state index < -0.39 is 35.6 Å². The zero-order valence-electron chi connectivity index (χ0n) is 26.0. The Morgan fingerprint density at radius 2 is 1.63 bits per heavy atom. The number of ether oxygens (including phenoxy) is 1. The normalized spacial score (nSPS) is 12.7. The maximum Gasteiger partial charge on any atom is 0.408 e. The summed E-state index contributed by atoms with van der Waals surface area (Å²) in [4.78, 5) is 43.1. The van der Waals surface area contributed by atoms with Crippen molar-refractivity contribution in [1.29, 1.82) is 0 Å². The average molecular weight is 608 g/mol. The van der Waals surface area contributed by atoms with Crippen LogP contribution in [0.3, 0.4) is 0 Å². The largest absolute Gasteiger partial charge is 0.508 e. The van der Waals surface area contributed by atoms with E-state index in [4.69, 9.17) is 16.3 Å². The number of carbonyl (C=O) groups excluding carboxylic acids is 3. The van der Waals surface area contributed by atoms with Gasteiger partial charge in [0.1, 0.15) is 23.4 Å². The zero-order valence-corrected chi connectivity index (χ0v) is 26.7. The predicted molar refractivity (Wildman–Crippen MR) is 170 cm³/mol. The number of nitrogens with zero attached hydrogens (tertiary/aromatic N) is 1. The summed E-state index contributed by atoms with van der Waals surface area (Å²) in [6.07, 6.45) is -0.0761. The molecule has 2 atom stereocenters. The first-order chi connectivity index (χ1) is 20.2. The molecule has 0 radical (unpaired) electrons. The first-order valence-corrected chi connectivity index (χ1v) is 14.8. The van der Waals surface area contributed by atoms with Gasteiger partial charge in [0.15, 0.2) is 0 Å². The highest BCUT2D eigenvalue weighted by Gasteiger charge is 2.36. The summed E-state index contributed by atoms with van der Waals surface area (Å²) in [7, 11) is 0. The van der Waals surface area contributed by atoms with E-state index in [1.165, 1.54) is 17.0 Å². The predicted octanol–water partition coefficient (Wildman–Crippen LogP) is 7.03. The topological polar surface area (TPSA) is 108 Å². The molecule has 3 amide bonds. The fourth-order valence-electron chi connectivity index (χ4n) is 4.71. The fourth-order valence-corrected chi connectivity index (χ4v) is 4.98. The molecule has 0 fully saturated rings. The number of anilines is 1. The first kappa shape index (κ1) is 33.5. The lowest BCUT2D eigenvalue weighted by Gasteiger charge is -2.35. The average Bonchev–Trinajstić information content (AvgIpc) is 2.92. The van der Waals surface area contributed by atoms with Gasteiger partial charge in [-0.3, -0.25) is 9.59 Å². The summed E-state index contributed by atoms with van der Waals surface area (Å²) in [5, 5.41) is 15.9. The number of phenolic OH excluding ortho intramolecular Hbond substituents is 1. The molecule has 0 heterocycles. The Morgan fingerprint density at radius 3 is 2.21 bits per heavy atom. The fraction of sp³-hybridized carbons (Fsp3) is 0.382. The first-order valence-electron chi connectivity index (χ1n) is 14.4. The molecule has 230 valence electrons. The molecule has 0 aliphatic heterocycles. The SMILES string of the molecule is CCCN(C(=O)C(Cc1ccc(O)cc1)NC(=O)OC(C)(C)C)C(C(=O)Nc1c(C)cccc1Cl)c1ccc(C)c(C)c1. The summed E-state index contributed by atoms with van der Waals surface area (Å²) in [6.45, 7) is 13.2. The number of nitrogens with one attached hydrogen (secondary N) is 2. The van der Waals surface area contributed by atoms with Gasteiger partial charge >= 0.3 is 6.09 Å². The Labute approximate surface area is 259 Å². The van der Waals surface area contributed by atoms with Crippen molar-refractivity contribution < 1.29 is 24.2 Å². The molecule has 8 nitrogen and oxygen atoms in total. The lowest BCUT2D eigenvalue weighted by molar-refractivity contribution is -0.140. The number of hydrogen-bond acceptors (Lipinski definition) is 5. The van der Waals surface area contributed by atoms with Crippen LogP contribution in [0.1, 0.15) is 68.0 Å². The molecule has 2 unspecified atom stereocenters. The summed E-state index contributed by atoms with van der Waals surface area (Å²) in [5.41, 5.74) is 3.84. The molecule has 0 aromatic heterocycles. The molecule has 3 N–H and O–H groups in total. The molecular formula is C34H42ClN3O5. The van der Waals surface area contributed by atoms with Crippen molar-refractivity contribution in [3.63, 3.8) is 0 Å². The number of rotatable bonds is 10. The van der Waals surface area contributed by atoms with E-state index in [1.807, 2.05) is 52.0 Å². The molecule has 0 saturated carbocycles. The van der Waals surface area contributed by atoms with E-state index in [9.17, 15) is 19.5 Å². The highest BCUT2D eigenvalue weighted by Crippen LogP contribution is 2.30. The summed E-state index contributed by atoms with van der Waals surface area (Å²) in [6, 6.07) is 15.3. The van der Waals surface area contributed by atoms with Crippen LogP contribution < -0.4 is 10.6 Å². The number of hydrogen-bond donors (Lipinski definition) is 3.